The Morgan fingerprint density at radius 2 is 2.17 bits per heavy atom. The van der Waals surface area contributed by atoms with Crippen LogP contribution in [-0.2, 0) is 4.79 Å². The predicted molar refractivity (Wildman–Crippen MR) is 66.8 cm³/mol. The van der Waals surface area contributed by atoms with Gasteiger partial charge in [-0.05, 0) is 31.5 Å². The molecule has 0 saturated carbocycles. The quantitative estimate of drug-likeness (QED) is 0.832. The highest BCUT2D eigenvalue weighted by atomic mass is 16.7. The Morgan fingerprint density at radius 3 is 3.00 bits per heavy atom. The first-order chi connectivity index (χ1) is 8.83. The molecule has 1 aromatic carbocycles. The minimum absolute atomic E-state index is 0.0218. The van der Waals surface area contributed by atoms with Gasteiger partial charge in [0.25, 0.3) is 0 Å². The van der Waals surface area contributed by atoms with Crippen molar-refractivity contribution in [2.45, 2.75) is 25.3 Å². The molecule has 1 saturated heterocycles. The largest absolute Gasteiger partial charge is 0.454 e. The monoisotopic (exact) mass is 248 g/mol. The fourth-order valence-electron chi connectivity index (χ4n) is 2.28. The van der Waals surface area contributed by atoms with Crippen LogP contribution in [0.15, 0.2) is 18.2 Å². The number of carbonyl (C=O) groups is 1. The smallest absolute Gasteiger partial charge is 0.241 e. The molecule has 0 aromatic heterocycles. The summed E-state index contributed by atoms with van der Waals surface area (Å²) < 4.78 is 10.5. The van der Waals surface area contributed by atoms with E-state index in [2.05, 4.69) is 10.6 Å². The van der Waals surface area contributed by atoms with Crippen molar-refractivity contribution < 1.29 is 14.3 Å². The van der Waals surface area contributed by atoms with E-state index < -0.39 is 0 Å². The van der Waals surface area contributed by atoms with Gasteiger partial charge in [0.2, 0.25) is 12.7 Å². The van der Waals surface area contributed by atoms with Crippen molar-refractivity contribution in [3.05, 3.63) is 18.2 Å². The fraction of sp³-hybridized carbons (Fsp3) is 0.462. The third kappa shape index (κ3) is 2.26. The molecule has 18 heavy (non-hydrogen) atoms. The van der Waals surface area contributed by atoms with E-state index in [-0.39, 0.29) is 18.7 Å². The summed E-state index contributed by atoms with van der Waals surface area (Å²) >= 11 is 0. The van der Waals surface area contributed by atoms with Crippen LogP contribution in [0.5, 0.6) is 11.5 Å². The van der Waals surface area contributed by atoms with Crippen LogP contribution in [0.1, 0.15) is 19.3 Å². The lowest BCUT2D eigenvalue weighted by atomic mass is 10.0. The molecule has 5 heteroatoms. The number of ether oxygens (including phenoxy) is 2. The second-order valence-electron chi connectivity index (χ2n) is 4.56. The van der Waals surface area contributed by atoms with Gasteiger partial charge in [-0.25, -0.2) is 0 Å². The van der Waals surface area contributed by atoms with Crippen molar-refractivity contribution in [2.24, 2.45) is 0 Å². The summed E-state index contributed by atoms with van der Waals surface area (Å²) in [6.45, 7) is 1.16. The molecule has 96 valence electrons. The molecule has 1 amide bonds. The summed E-state index contributed by atoms with van der Waals surface area (Å²) in [6.07, 6.45) is 3.15. The fourth-order valence-corrected chi connectivity index (χ4v) is 2.28. The summed E-state index contributed by atoms with van der Waals surface area (Å²) in [6, 6.07) is 5.35. The number of piperidine rings is 1. The first kappa shape index (κ1) is 11.3. The SMILES string of the molecule is O=C(Nc1ccc2c(c1)OCO2)C1CCCCN1. The third-order valence-corrected chi connectivity index (χ3v) is 3.27. The highest BCUT2D eigenvalue weighted by Gasteiger charge is 2.21. The number of hydrogen-bond donors (Lipinski definition) is 2. The lowest BCUT2D eigenvalue weighted by Crippen LogP contribution is -2.43. The van der Waals surface area contributed by atoms with Crippen LogP contribution >= 0.6 is 0 Å². The number of rotatable bonds is 2. The summed E-state index contributed by atoms with van der Waals surface area (Å²) in [7, 11) is 0. The molecule has 0 spiro atoms. The van der Waals surface area contributed by atoms with Gasteiger partial charge in [-0.15, -0.1) is 0 Å². The average Bonchev–Trinajstić information content (AvgIpc) is 2.87. The van der Waals surface area contributed by atoms with Crippen molar-refractivity contribution in [1.29, 1.82) is 0 Å². The van der Waals surface area contributed by atoms with Gasteiger partial charge < -0.3 is 20.1 Å². The zero-order chi connectivity index (χ0) is 12.4. The number of carbonyl (C=O) groups excluding carboxylic acids is 1. The predicted octanol–water partition coefficient (Wildman–Crippen LogP) is 1.50. The molecule has 0 aliphatic carbocycles. The van der Waals surface area contributed by atoms with Crippen LogP contribution < -0.4 is 20.1 Å². The van der Waals surface area contributed by atoms with E-state index in [1.807, 2.05) is 12.1 Å². The topological polar surface area (TPSA) is 59.6 Å². The average molecular weight is 248 g/mol. The lowest BCUT2D eigenvalue weighted by molar-refractivity contribution is -0.118. The molecule has 2 N–H and O–H groups in total. The second kappa shape index (κ2) is 4.86. The Balaban J connectivity index is 1.66. The van der Waals surface area contributed by atoms with Gasteiger partial charge in [0, 0.05) is 11.8 Å². The van der Waals surface area contributed by atoms with E-state index >= 15 is 0 Å². The van der Waals surface area contributed by atoms with Crippen LogP contribution in [-0.4, -0.2) is 25.3 Å². The molecular formula is C13H16N2O3. The second-order valence-corrected chi connectivity index (χ2v) is 4.56. The zero-order valence-corrected chi connectivity index (χ0v) is 10.1. The lowest BCUT2D eigenvalue weighted by Gasteiger charge is -2.22. The summed E-state index contributed by atoms with van der Waals surface area (Å²) in [5, 5.41) is 6.13. The Hall–Kier alpha value is -1.75. The molecule has 5 nitrogen and oxygen atoms in total. The Labute approximate surface area is 105 Å². The number of hydrogen-bond acceptors (Lipinski definition) is 4. The number of nitrogens with one attached hydrogen (secondary N) is 2. The minimum Gasteiger partial charge on any atom is -0.454 e. The highest BCUT2D eigenvalue weighted by Crippen LogP contribution is 2.34. The van der Waals surface area contributed by atoms with E-state index in [1.54, 1.807) is 6.07 Å². The van der Waals surface area contributed by atoms with Crippen molar-refractivity contribution in [3.63, 3.8) is 0 Å². The molecule has 2 heterocycles. The molecule has 0 bridgehead atoms. The maximum Gasteiger partial charge on any atom is 0.241 e. The summed E-state index contributed by atoms with van der Waals surface area (Å²) in [5.74, 6) is 1.43. The Morgan fingerprint density at radius 1 is 1.28 bits per heavy atom. The highest BCUT2D eigenvalue weighted by molar-refractivity contribution is 5.95. The van der Waals surface area contributed by atoms with Crippen molar-refractivity contribution in [2.75, 3.05) is 18.7 Å². The number of anilines is 1. The van der Waals surface area contributed by atoms with E-state index in [0.29, 0.717) is 5.75 Å². The number of fused-ring (bicyclic) bond motifs is 1. The summed E-state index contributed by atoms with van der Waals surface area (Å²) in [5.41, 5.74) is 0.747. The van der Waals surface area contributed by atoms with E-state index in [0.717, 1.165) is 37.2 Å². The molecule has 0 radical (unpaired) electrons. The van der Waals surface area contributed by atoms with E-state index in [9.17, 15) is 4.79 Å². The van der Waals surface area contributed by atoms with E-state index in [1.165, 1.54) is 0 Å². The van der Waals surface area contributed by atoms with Crippen LogP contribution in [0.4, 0.5) is 5.69 Å². The molecule has 3 rings (SSSR count). The number of benzene rings is 1. The molecule has 1 unspecified atom stereocenters. The van der Waals surface area contributed by atoms with Gasteiger partial charge in [0.1, 0.15) is 0 Å². The zero-order valence-electron chi connectivity index (χ0n) is 10.1. The molecule has 1 aromatic rings. The van der Waals surface area contributed by atoms with Gasteiger partial charge in [-0.1, -0.05) is 6.42 Å². The normalized spacial score (nSPS) is 21.7. The minimum atomic E-state index is -0.0795. The molecule has 2 aliphatic heterocycles. The number of amides is 1. The Bertz CT molecular complexity index is 456. The maximum atomic E-state index is 12.0. The van der Waals surface area contributed by atoms with Crippen LogP contribution in [0.2, 0.25) is 0 Å². The van der Waals surface area contributed by atoms with Crippen molar-refractivity contribution in [3.8, 4) is 11.5 Å². The van der Waals surface area contributed by atoms with Gasteiger partial charge in [0.05, 0.1) is 6.04 Å². The first-order valence-corrected chi connectivity index (χ1v) is 6.27. The standard InChI is InChI=1S/C13H16N2O3/c16-13(10-3-1-2-6-14-10)15-9-4-5-11-12(7-9)18-8-17-11/h4-5,7,10,14H,1-3,6,8H2,(H,15,16). The van der Waals surface area contributed by atoms with Crippen LogP contribution in [0, 0.1) is 0 Å². The van der Waals surface area contributed by atoms with Crippen molar-refractivity contribution in [1.82, 2.24) is 5.32 Å². The van der Waals surface area contributed by atoms with Crippen LogP contribution in [0.3, 0.4) is 0 Å². The first-order valence-electron chi connectivity index (χ1n) is 6.27. The molecular weight excluding hydrogens is 232 g/mol. The van der Waals surface area contributed by atoms with E-state index in [4.69, 9.17) is 9.47 Å². The Kier molecular flexibility index (Phi) is 3.06. The van der Waals surface area contributed by atoms with Gasteiger partial charge in [-0.3, -0.25) is 4.79 Å². The van der Waals surface area contributed by atoms with Crippen molar-refractivity contribution >= 4 is 11.6 Å². The summed E-state index contributed by atoms with van der Waals surface area (Å²) in [4.78, 5) is 12.0. The van der Waals surface area contributed by atoms with Gasteiger partial charge >= 0.3 is 0 Å². The maximum absolute atomic E-state index is 12.0. The molecule has 2 aliphatic rings. The third-order valence-electron chi connectivity index (χ3n) is 3.27. The molecule has 1 fully saturated rings. The van der Waals surface area contributed by atoms with Gasteiger partial charge in [0.15, 0.2) is 11.5 Å². The van der Waals surface area contributed by atoms with Gasteiger partial charge in [-0.2, -0.15) is 0 Å². The molecule has 1 atom stereocenters. The van der Waals surface area contributed by atoms with Crippen LogP contribution in [0.25, 0.3) is 0 Å².